The number of allylic oxidation sites excluding steroid dienone is 4. The van der Waals surface area contributed by atoms with Crippen LogP contribution in [0.1, 0.15) is 13.3 Å². The summed E-state index contributed by atoms with van der Waals surface area (Å²) in [6, 6.07) is 0. The van der Waals surface area contributed by atoms with Gasteiger partial charge in [-0.15, -0.1) is 0 Å². The van der Waals surface area contributed by atoms with E-state index in [-0.39, 0.29) is 0 Å². The minimum absolute atomic E-state index is 0.632. The Bertz CT molecular complexity index is 133. The first-order chi connectivity index (χ1) is 3.79. The SMILES string of the molecule is CC1C=CC=C(Cl)C1. The van der Waals surface area contributed by atoms with E-state index in [4.69, 9.17) is 11.6 Å². The fourth-order valence-corrected chi connectivity index (χ4v) is 1.11. The number of hydrogen-bond donors (Lipinski definition) is 0. The second kappa shape index (κ2) is 2.36. The molecule has 0 nitrogen and oxygen atoms in total. The van der Waals surface area contributed by atoms with E-state index >= 15 is 0 Å². The normalized spacial score (nSPS) is 27.8. The number of halogens is 1. The van der Waals surface area contributed by atoms with Crippen LogP contribution in [0.15, 0.2) is 23.3 Å². The van der Waals surface area contributed by atoms with Crippen LogP contribution in [0.5, 0.6) is 0 Å². The molecule has 0 radical (unpaired) electrons. The Hall–Kier alpha value is -0.230. The summed E-state index contributed by atoms with van der Waals surface area (Å²) < 4.78 is 0. The quantitative estimate of drug-likeness (QED) is 0.471. The Labute approximate surface area is 54.8 Å². The molecule has 44 valence electrons. The molecule has 0 aromatic carbocycles. The molecular weight excluding hydrogens is 120 g/mol. The van der Waals surface area contributed by atoms with Crippen molar-refractivity contribution in [3.05, 3.63) is 23.3 Å². The Balaban J connectivity index is 2.59. The maximum atomic E-state index is 5.72. The van der Waals surface area contributed by atoms with Gasteiger partial charge in [0.1, 0.15) is 0 Å². The number of rotatable bonds is 0. The van der Waals surface area contributed by atoms with Crippen molar-refractivity contribution in [1.29, 1.82) is 0 Å². The molecule has 1 aliphatic rings. The molecule has 0 amide bonds. The van der Waals surface area contributed by atoms with Crippen molar-refractivity contribution >= 4 is 11.6 Å². The third-order valence-corrected chi connectivity index (χ3v) is 1.51. The zero-order valence-corrected chi connectivity index (χ0v) is 5.65. The van der Waals surface area contributed by atoms with Gasteiger partial charge in [-0.25, -0.2) is 0 Å². The van der Waals surface area contributed by atoms with Gasteiger partial charge >= 0.3 is 0 Å². The number of hydrogen-bond acceptors (Lipinski definition) is 0. The summed E-state index contributed by atoms with van der Waals surface area (Å²) in [5.41, 5.74) is 0. The van der Waals surface area contributed by atoms with Crippen LogP contribution >= 0.6 is 11.6 Å². The second-order valence-corrected chi connectivity index (χ2v) is 2.67. The van der Waals surface area contributed by atoms with Crippen LogP contribution in [0.25, 0.3) is 0 Å². The fraction of sp³-hybridized carbons (Fsp3) is 0.429. The predicted molar refractivity (Wildman–Crippen MR) is 36.9 cm³/mol. The van der Waals surface area contributed by atoms with Gasteiger partial charge in [-0.2, -0.15) is 0 Å². The van der Waals surface area contributed by atoms with E-state index in [1.165, 1.54) is 0 Å². The highest BCUT2D eigenvalue weighted by Gasteiger charge is 2.01. The van der Waals surface area contributed by atoms with Crippen molar-refractivity contribution < 1.29 is 0 Å². The standard InChI is InChI=1S/C7H9Cl/c1-6-3-2-4-7(8)5-6/h2-4,6H,5H2,1H3. The van der Waals surface area contributed by atoms with Gasteiger partial charge in [0.25, 0.3) is 0 Å². The van der Waals surface area contributed by atoms with Gasteiger partial charge in [-0.3, -0.25) is 0 Å². The average molecular weight is 129 g/mol. The summed E-state index contributed by atoms with van der Waals surface area (Å²) in [5, 5.41) is 0.972. The minimum Gasteiger partial charge on any atom is -0.0891 e. The smallest absolute Gasteiger partial charge is 0.0186 e. The van der Waals surface area contributed by atoms with Crippen molar-refractivity contribution in [2.45, 2.75) is 13.3 Å². The molecule has 0 heterocycles. The summed E-state index contributed by atoms with van der Waals surface area (Å²) >= 11 is 5.72. The van der Waals surface area contributed by atoms with E-state index in [2.05, 4.69) is 13.0 Å². The van der Waals surface area contributed by atoms with Crippen LogP contribution in [-0.4, -0.2) is 0 Å². The van der Waals surface area contributed by atoms with Crippen LogP contribution in [0, 0.1) is 5.92 Å². The summed E-state index contributed by atoms with van der Waals surface area (Å²) in [7, 11) is 0. The lowest BCUT2D eigenvalue weighted by atomic mass is 10.0. The molecule has 1 heteroatoms. The molecule has 1 unspecified atom stereocenters. The predicted octanol–water partition coefficient (Wildman–Crippen LogP) is 2.71. The van der Waals surface area contributed by atoms with Crippen molar-refractivity contribution in [2.75, 3.05) is 0 Å². The van der Waals surface area contributed by atoms with Crippen LogP contribution in [0.3, 0.4) is 0 Å². The third-order valence-electron chi connectivity index (χ3n) is 1.23. The molecular formula is C7H9Cl. The van der Waals surface area contributed by atoms with Crippen LogP contribution in [-0.2, 0) is 0 Å². The average Bonchev–Trinajstić information content (AvgIpc) is 1.64. The lowest BCUT2D eigenvalue weighted by Gasteiger charge is -2.07. The first kappa shape index (κ1) is 5.90. The Morgan fingerprint density at radius 2 is 2.50 bits per heavy atom. The third kappa shape index (κ3) is 1.38. The lowest BCUT2D eigenvalue weighted by molar-refractivity contribution is 0.728. The molecule has 0 saturated carbocycles. The van der Waals surface area contributed by atoms with E-state index in [9.17, 15) is 0 Å². The van der Waals surface area contributed by atoms with Gasteiger partial charge in [0.2, 0.25) is 0 Å². The summed E-state index contributed by atoms with van der Waals surface area (Å²) in [4.78, 5) is 0. The Kier molecular flexibility index (Phi) is 1.74. The van der Waals surface area contributed by atoms with Crippen LogP contribution in [0.2, 0.25) is 0 Å². The van der Waals surface area contributed by atoms with Crippen molar-refractivity contribution in [3.63, 3.8) is 0 Å². The first-order valence-electron chi connectivity index (χ1n) is 2.82. The van der Waals surface area contributed by atoms with Gasteiger partial charge in [0.15, 0.2) is 0 Å². The van der Waals surface area contributed by atoms with Crippen molar-refractivity contribution in [1.82, 2.24) is 0 Å². The summed E-state index contributed by atoms with van der Waals surface area (Å²) in [5.74, 6) is 0.632. The highest BCUT2D eigenvalue weighted by molar-refractivity contribution is 6.29. The van der Waals surface area contributed by atoms with Gasteiger partial charge < -0.3 is 0 Å². The second-order valence-electron chi connectivity index (χ2n) is 2.18. The van der Waals surface area contributed by atoms with E-state index in [1.807, 2.05) is 12.2 Å². The highest BCUT2D eigenvalue weighted by atomic mass is 35.5. The fourth-order valence-electron chi connectivity index (χ4n) is 0.793. The molecule has 0 bridgehead atoms. The zero-order valence-electron chi connectivity index (χ0n) is 4.89. The van der Waals surface area contributed by atoms with Gasteiger partial charge in [0, 0.05) is 5.03 Å². The molecule has 1 atom stereocenters. The zero-order chi connectivity index (χ0) is 5.98. The van der Waals surface area contributed by atoms with Crippen molar-refractivity contribution in [3.8, 4) is 0 Å². The van der Waals surface area contributed by atoms with Crippen LogP contribution < -0.4 is 0 Å². The summed E-state index contributed by atoms with van der Waals surface area (Å²) in [6.45, 7) is 2.16. The minimum atomic E-state index is 0.632. The molecule has 0 N–H and O–H groups in total. The van der Waals surface area contributed by atoms with Gasteiger partial charge in [-0.1, -0.05) is 30.7 Å². The van der Waals surface area contributed by atoms with Gasteiger partial charge in [-0.05, 0) is 18.4 Å². The molecule has 1 aliphatic carbocycles. The maximum Gasteiger partial charge on any atom is 0.0186 e. The van der Waals surface area contributed by atoms with E-state index in [0.29, 0.717) is 5.92 Å². The molecule has 0 saturated heterocycles. The Morgan fingerprint density at radius 1 is 1.75 bits per heavy atom. The first-order valence-corrected chi connectivity index (χ1v) is 3.19. The largest absolute Gasteiger partial charge is 0.0891 e. The molecule has 0 fully saturated rings. The topological polar surface area (TPSA) is 0 Å². The lowest BCUT2D eigenvalue weighted by Crippen LogP contribution is -1.91. The molecule has 1 rings (SSSR count). The molecule has 0 aromatic rings. The maximum absolute atomic E-state index is 5.72. The van der Waals surface area contributed by atoms with Crippen molar-refractivity contribution in [2.24, 2.45) is 5.92 Å². The Morgan fingerprint density at radius 3 is 2.88 bits per heavy atom. The van der Waals surface area contributed by atoms with Crippen LogP contribution in [0.4, 0.5) is 0 Å². The van der Waals surface area contributed by atoms with Gasteiger partial charge in [0.05, 0.1) is 0 Å². The molecule has 8 heavy (non-hydrogen) atoms. The van der Waals surface area contributed by atoms with E-state index in [1.54, 1.807) is 0 Å². The molecule has 0 aromatic heterocycles. The van der Waals surface area contributed by atoms with E-state index < -0.39 is 0 Å². The summed E-state index contributed by atoms with van der Waals surface area (Å²) in [6.07, 6.45) is 7.13. The monoisotopic (exact) mass is 128 g/mol. The molecule has 0 spiro atoms. The van der Waals surface area contributed by atoms with E-state index in [0.717, 1.165) is 11.5 Å². The molecule has 0 aliphatic heterocycles. The highest BCUT2D eigenvalue weighted by Crippen LogP contribution is 2.19.